The average molecular weight is 246 g/mol. The summed E-state index contributed by atoms with van der Waals surface area (Å²) in [4.78, 5) is 4.58. The van der Waals surface area contributed by atoms with Crippen molar-refractivity contribution >= 4 is 10.9 Å². The first-order valence-electron chi connectivity index (χ1n) is 5.91. The maximum Gasteiger partial charge on any atom is 0.162 e. The second-order valence-electron chi connectivity index (χ2n) is 4.38. The van der Waals surface area contributed by atoms with Crippen LogP contribution in [-0.2, 0) is 6.42 Å². The molecule has 1 heterocycles. The topological polar surface area (TPSA) is 57.4 Å². The lowest BCUT2D eigenvalue weighted by molar-refractivity contribution is 0.356. The molecule has 1 aromatic carbocycles. The molecule has 2 N–H and O–H groups in total. The van der Waals surface area contributed by atoms with Crippen LogP contribution in [-0.4, -0.2) is 25.2 Å². The van der Waals surface area contributed by atoms with Gasteiger partial charge in [-0.25, -0.2) is 0 Å². The van der Waals surface area contributed by atoms with E-state index in [0.29, 0.717) is 11.5 Å². The van der Waals surface area contributed by atoms with Gasteiger partial charge in [0.2, 0.25) is 0 Å². The summed E-state index contributed by atoms with van der Waals surface area (Å²) in [6, 6.07) is 7.95. The number of hydrogen-bond acceptors (Lipinski definition) is 4. The minimum absolute atomic E-state index is 0.107. The predicted molar refractivity (Wildman–Crippen MR) is 72.2 cm³/mol. The van der Waals surface area contributed by atoms with E-state index in [4.69, 9.17) is 15.2 Å². The molecule has 0 aliphatic carbocycles. The molecular weight excluding hydrogens is 228 g/mol. The van der Waals surface area contributed by atoms with Gasteiger partial charge in [0.25, 0.3) is 0 Å². The third kappa shape index (κ3) is 2.54. The smallest absolute Gasteiger partial charge is 0.162 e. The van der Waals surface area contributed by atoms with Gasteiger partial charge in [0.15, 0.2) is 11.5 Å². The van der Waals surface area contributed by atoms with Crippen LogP contribution in [0.2, 0.25) is 0 Å². The van der Waals surface area contributed by atoms with E-state index in [9.17, 15) is 0 Å². The summed E-state index contributed by atoms with van der Waals surface area (Å²) in [5.41, 5.74) is 7.67. The van der Waals surface area contributed by atoms with Crippen LogP contribution in [0.4, 0.5) is 0 Å². The van der Waals surface area contributed by atoms with E-state index in [-0.39, 0.29) is 6.04 Å². The summed E-state index contributed by atoms with van der Waals surface area (Å²) in [6.45, 7) is 1.97. The molecule has 0 saturated carbocycles. The Hall–Kier alpha value is -1.81. The van der Waals surface area contributed by atoms with Crippen molar-refractivity contribution in [1.82, 2.24) is 4.98 Å². The molecule has 0 amide bonds. The number of hydrogen-bond donors (Lipinski definition) is 1. The van der Waals surface area contributed by atoms with Crippen LogP contribution < -0.4 is 15.2 Å². The van der Waals surface area contributed by atoms with Gasteiger partial charge in [-0.15, -0.1) is 0 Å². The molecule has 0 radical (unpaired) electrons. The molecule has 1 aromatic heterocycles. The molecule has 0 bridgehead atoms. The lowest BCUT2D eigenvalue weighted by atomic mass is 10.1. The third-order valence-electron chi connectivity index (χ3n) is 2.78. The number of nitrogens with two attached hydrogens (primary N) is 1. The Balaban J connectivity index is 2.49. The van der Waals surface area contributed by atoms with Gasteiger partial charge in [-0.05, 0) is 19.1 Å². The van der Waals surface area contributed by atoms with Gasteiger partial charge in [0.05, 0.1) is 19.7 Å². The summed E-state index contributed by atoms with van der Waals surface area (Å²) >= 11 is 0. The van der Waals surface area contributed by atoms with Gasteiger partial charge < -0.3 is 15.2 Å². The summed E-state index contributed by atoms with van der Waals surface area (Å²) < 4.78 is 10.5. The molecule has 2 aromatic rings. The number of methoxy groups -OCH3 is 2. The Morgan fingerprint density at radius 1 is 1.17 bits per heavy atom. The van der Waals surface area contributed by atoms with E-state index in [1.54, 1.807) is 14.2 Å². The molecule has 2 rings (SSSR count). The number of aromatic nitrogens is 1. The summed E-state index contributed by atoms with van der Waals surface area (Å²) in [5.74, 6) is 1.40. The SMILES string of the molecule is COc1cc2ccc(CC(C)N)nc2cc1OC. The molecule has 4 nitrogen and oxygen atoms in total. The summed E-state index contributed by atoms with van der Waals surface area (Å²) in [6.07, 6.45) is 0.768. The van der Waals surface area contributed by atoms with Crippen LogP contribution in [0.1, 0.15) is 12.6 Å². The quantitative estimate of drug-likeness (QED) is 0.898. The van der Waals surface area contributed by atoms with Crippen molar-refractivity contribution < 1.29 is 9.47 Å². The van der Waals surface area contributed by atoms with Crippen LogP contribution in [0, 0.1) is 0 Å². The molecule has 0 saturated heterocycles. The first-order chi connectivity index (χ1) is 8.63. The highest BCUT2D eigenvalue weighted by Gasteiger charge is 2.08. The predicted octanol–water partition coefficient (Wildman–Crippen LogP) is 2.14. The van der Waals surface area contributed by atoms with Crippen molar-refractivity contribution in [1.29, 1.82) is 0 Å². The standard InChI is InChI=1S/C14H18N2O2/c1-9(15)6-11-5-4-10-7-13(17-2)14(18-3)8-12(10)16-11/h4-5,7-9H,6,15H2,1-3H3. The maximum absolute atomic E-state index is 5.79. The molecule has 1 atom stereocenters. The Labute approximate surface area is 107 Å². The Bertz CT molecular complexity index is 553. The van der Waals surface area contributed by atoms with Crippen LogP contribution in [0.15, 0.2) is 24.3 Å². The van der Waals surface area contributed by atoms with E-state index in [2.05, 4.69) is 4.98 Å². The van der Waals surface area contributed by atoms with Crippen LogP contribution in [0.3, 0.4) is 0 Å². The molecule has 0 aliphatic rings. The highest BCUT2D eigenvalue weighted by Crippen LogP contribution is 2.31. The molecule has 18 heavy (non-hydrogen) atoms. The molecule has 0 fully saturated rings. The Kier molecular flexibility index (Phi) is 3.67. The van der Waals surface area contributed by atoms with E-state index >= 15 is 0 Å². The lowest BCUT2D eigenvalue weighted by Crippen LogP contribution is -2.18. The largest absolute Gasteiger partial charge is 0.493 e. The Morgan fingerprint density at radius 3 is 2.44 bits per heavy atom. The minimum atomic E-state index is 0.107. The van der Waals surface area contributed by atoms with Crippen molar-refractivity contribution in [3.05, 3.63) is 30.0 Å². The highest BCUT2D eigenvalue weighted by molar-refractivity contribution is 5.82. The fraction of sp³-hybridized carbons (Fsp3) is 0.357. The normalized spacial score (nSPS) is 12.4. The number of nitrogens with zero attached hydrogens (tertiary/aromatic N) is 1. The lowest BCUT2D eigenvalue weighted by Gasteiger charge is -2.10. The van der Waals surface area contributed by atoms with Gasteiger partial charge in [0, 0.05) is 29.6 Å². The summed E-state index contributed by atoms with van der Waals surface area (Å²) in [7, 11) is 3.25. The molecule has 4 heteroatoms. The molecular formula is C14H18N2O2. The molecule has 0 spiro atoms. The van der Waals surface area contributed by atoms with Gasteiger partial charge in [-0.3, -0.25) is 4.98 Å². The van der Waals surface area contributed by atoms with Crippen molar-refractivity contribution in [2.24, 2.45) is 5.73 Å². The second-order valence-corrected chi connectivity index (χ2v) is 4.38. The zero-order valence-corrected chi connectivity index (χ0v) is 10.9. The van der Waals surface area contributed by atoms with Gasteiger partial charge in [0.1, 0.15) is 0 Å². The number of benzene rings is 1. The van der Waals surface area contributed by atoms with E-state index in [0.717, 1.165) is 23.0 Å². The second kappa shape index (κ2) is 5.23. The third-order valence-corrected chi connectivity index (χ3v) is 2.78. The van der Waals surface area contributed by atoms with Gasteiger partial charge in [-0.2, -0.15) is 0 Å². The molecule has 0 aliphatic heterocycles. The van der Waals surface area contributed by atoms with Crippen molar-refractivity contribution in [3.63, 3.8) is 0 Å². The number of rotatable bonds is 4. The van der Waals surface area contributed by atoms with Crippen LogP contribution >= 0.6 is 0 Å². The maximum atomic E-state index is 5.79. The molecule has 96 valence electrons. The zero-order valence-electron chi connectivity index (χ0n) is 10.9. The number of pyridine rings is 1. The number of fused-ring (bicyclic) bond motifs is 1. The van der Waals surface area contributed by atoms with Crippen LogP contribution in [0.5, 0.6) is 11.5 Å². The van der Waals surface area contributed by atoms with Crippen molar-refractivity contribution in [2.45, 2.75) is 19.4 Å². The van der Waals surface area contributed by atoms with Crippen molar-refractivity contribution in [2.75, 3.05) is 14.2 Å². The van der Waals surface area contributed by atoms with Crippen LogP contribution in [0.25, 0.3) is 10.9 Å². The van der Waals surface area contributed by atoms with E-state index < -0.39 is 0 Å². The van der Waals surface area contributed by atoms with E-state index in [1.165, 1.54) is 0 Å². The average Bonchev–Trinajstić information content (AvgIpc) is 2.36. The monoisotopic (exact) mass is 246 g/mol. The highest BCUT2D eigenvalue weighted by atomic mass is 16.5. The van der Waals surface area contributed by atoms with Gasteiger partial charge >= 0.3 is 0 Å². The summed E-state index contributed by atoms with van der Waals surface area (Å²) in [5, 5.41) is 1.03. The minimum Gasteiger partial charge on any atom is -0.493 e. The zero-order chi connectivity index (χ0) is 13.1. The Morgan fingerprint density at radius 2 is 1.83 bits per heavy atom. The first-order valence-corrected chi connectivity index (χ1v) is 5.91. The van der Waals surface area contributed by atoms with Crippen molar-refractivity contribution in [3.8, 4) is 11.5 Å². The molecule has 1 unspecified atom stereocenters. The van der Waals surface area contributed by atoms with E-state index in [1.807, 2.05) is 31.2 Å². The van der Waals surface area contributed by atoms with Gasteiger partial charge in [-0.1, -0.05) is 6.07 Å². The fourth-order valence-corrected chi connectivity index (χ4v) is 1.94. The number of ether oxygens (including phenoxy) is 2. The first kappa shape index (κ1) is 12.6. The fourth-order valence-electron chi connectivity index (χ4n) is 1.94.